The SMILES string of the molecule is Nc1cnn(CCOCc2ccc3c(c2)OCO3)c1. The lowest BCUT2D eigenvalue weighted by atomic mass is 10.2. The Hall–Kier alpha value is -2.21. The van der Waals surface area contributed by atoms with E-state index in [9.17, 15) is 0 Å². The molecule has 0 bridgehead atoms. The standard InChI is InChI=1S/C13H15N3O3/c14-11-6-15-16(7-11)3-4-17-8-10-1-2-12-13(5-10)19-9-18-12/h1-2,5-7H,3-4,8-9,14H2. The van der Waals surface area contributed by atoms with E-state index in [1.807, 2.05) is 18.2 Å². The Morgan fingerprint density at radius 3 is 3.05 bits per heavy atom. The zero-order valence-electron chi connectivity index (χ0n) is 10.4. The van der Waals surface area contributed by atoms with Gasteiger partial charge in [0.25, 0.3) is 0 Å². The third-order valence-electron chi connectivity index (χ3n) is 2.82. The van der Waals surface area contributed by atoms with Crippen LogP contribution in [0, 0.1) is 0 Å². The third kappa shape index (κ3) is 2.79. The Morgan fingerprint density at radius 1 is 1.32 bits per heavy atom. The minimum absolute atomic E-state index is 0.292. The van der Waals surface area contributed by atoms with Crippen LogP contribution in [0.1, 0.15) is 5.56 Å². The first-order chi connectivity index (χ1) is 9.31. The fourth-order valence-electron chi connectivity index (χ4n) is 1.88. The summed E-state index contributed by atoms with van der Waals surface area (Å²) in [5.41, 5.74) is 7.30. The van der Waals surface area contributed by atoms with Gasteiger partial charge in [0.2, 0.25) is 6.79 Å². The van der Waals surface area contributed by atoms with Crippen LogP contribution in [0.25, 0.3) is 0 Å². The molecule has 2 heterocycles. The summed E-state index contributed by atoms with van der Waals surface area (Å²) in [6.45, 7) is 2.09. The number of nitrogens with zero attached hydrogens (tertiary/aromatic N) is 2. The second-order valence-corrected chi connectivity index (χ2v) is 4.28. The Morgan fingerprint density at radius 2 is 2.21 bits per heavy atom. The van der Waals surface area contributed by atoms with E-state index < -0.39 is 0 Å². The maximum Gasteiger partial charge on any atom is 0.231 e. The normalized spacial score (nSPS) is 12.8. The van der Waals surface area contributed by atoms with Crippen molar-refractivity contribution in [2.75, 3.05) is 19.1 Å². The van der Waals surface area contributed by atoms with Crippen molar-refractivity contribution >= 4 is 5.69 Å². The molecule has 100 valence electrons. The van der Waals surface area contributed by atoms with Crippen molar-refractivity contribution in [2.24, 2.45) is 0 Å². The van der Waals surface area contributed by atoms with Crippen molar-refractivity contribution in [3.63, 3.8) is 0 Å². The summed E-state index contributed by atoms with van der Waals surface area (Å²) in [5.74, 6) is 1.57. The van der Waals surface area contributed by atoms with Crippen LogP contribution in [0.5, 0.6) is 11.5 Å². The molecule has 0 saturated heterocycles. The number of anilines is 1. The van der Waals surface area contributed by atoms with E-state index in [4.69, 9.17) is 19.9 Å². The number of nitrogen functional groups attached to an aromatic ring is 1. The van der Waals surface area contributed by atoms with E-state index in [0.29, 0.717) is 32.2 Å². The van der Waals surface area contributed by atoms with Crippen molar-refractivity contribution in [3.05, 3.63) is 36.2 Å². The van der Waals surface area contributed by atoms with Crippen molar-refractivity contribution in [2.45, 2.75) is 13.2 Å². The minimum atomic E-state index is 0.292. The largest absolute Gasteiger partial charge is 0.454 e. The monoisotopic (exact) mass is 261 g/mol. The zero-order valence-corrected chi connectivity index (χ0v) is 10.4. The third-order valence-corrected chi connectivity index (χ3v) is 2.82. The first-order valence-electron chi connectivity index (χ1n) is 6.05. The Balaban J connectivity index is 1.47. The first-order valence-corrected chi connectivity index (χ1v) is 6.05. The van der Waals surface area contributed by atoms with E-state index in [1.165, 1.54) is 0 Å². The molecule has 6 heteroatoms. The Kier molecular flexibility index (Phi) is 3.24. The topological polar surface area (TPSA) is 71.5 Å². The van der Waals surface area contributed by atoms with E-state index in [-0.39, 0.29) is 0 Å². The van der Waals surface area contributed by atoms with Crippen LogP contribution < -0.4 is 15.2 Å². The molecule has 0 amide bonds. The van der Waals surface area contributed by atoms with Crippen molar-refractivity contribution in [1.29, 1.82) is 0 Å². The van der Waals surface area contributed by atoms with Crippen LogP contribution in [0.2, 0.25) is 0 Å². The Labute approximate surface area is 110 Å². The summed E-state index contributed by atoms with van der Waals surface area (Å²) in [4.78, 5) is 0. The second kappa shape index (κ2) is 5.19. The summed E-state index contributed by atoms with van der Waals surface area (Å²) in [6, 6.07) is 5.81. The van der Waals surface area contributed by atoms with Crippen LogP contribution in [-0.4, -0.2) is 23.2 Å². The molecule has 0 saturated carbocycles. The van der Waals surface area contributed by atoms with Crippen molar-refractivity contribution in [3.8, 4) is 11.5 Å². The molecule has 0 aliphatic carbocycles. The molecule has 0 atom stereocenters. The highest BCUT2D eigenvalue weighted by Crippen LogP contribution is 2.32. The number of nitrogens with two attached hydrogens (primary N) is 1. The van der Waals surface area contributed by atoms with E-state index >= 15 is 0 Å². The number of fused-ring (bicyclic) bond motifs is 1. The van der Waals surface area contributed by atoms with Gasteiger partial charge in [-0.3, -0.25) is 4.68 Å². The summed E-state index contributed by atoms with van der Waals surface area (Å²) >= 11 is 0. The molecule has 0 fully saturated rings. The van der Waals surface area contributed by atoms with Gasteiger partial charge in [0.1, 0.15) is 0 Å². The highest BCUT2D eigenvalue weighted by Gasteiger charge is 2.12. The van der Waals surface area contributed by atoms with E-state index in [2.05, 4.69) is 5.10 Å². The summed E-state index contributed by atoms with van der Waals surface area (Å²) in [5, 5.41) is 4.08. The molecule has 3 rings (SSSR count). The minimum Gasteiger partial charge on any atom is -0.454 e. The van der Waals surface area contributed by atoms with Gasteiger partial charge in [0, 0.05) is 6.20 Å². The predicted octanol–water partition coefficient (Wildman–Crippen LogP) is 1.41. The van der Waals surface area contributed by atoms with Gasteiger partial charge in [-0.2, -0.15) is 5.10 Å². The van der Waals surface area contributed by atoms with Crippen LogP contribution in [0.15, 0.2) is 30.6 Å². The molecular weight excluding hydrogens is 246 g/mol. The summed E-state index contributed by atoms with van der Waals surface area (Å²) in [6.07, 6.45) is 3.40. The van der Waals surface area contributed by atoms with Crippen LogP contribution in [0.4, 0.5) is 5.69 Å². The number of rotatable bonds is 5. The molecule has 1 aromatic heterocycles. The van der Waals surface area contributed by atoms with Gasteiger partial charge in [-0.05, 0) is 17.7 Å². The fraction of sp³-hybridized carbons (Fsp3) is 0.308. The molecule has 1 aliphatic heterocycles. The molecule has 1 aliphatic rings. The van der Waals surface area contributed by atoms with Crippen molar-refractivity contribution < 1.29 is 14.2 Å². The van der Waals surface area contributed by atoms with Gasteiger partial charge in [0.15, 0.2) is 11.5 Å². The summed E-state index contributed by atoms with van der Waals surface area (Å²) in [7, 11) is 0. The number of hydrogen-bond donors (Lipinski definition) is 1. The maximum absolute atomic E-state index is 5.59. The average Bonchev–Trinajstić information content (AvgIpc) is 3.03. The lowest BCUT2D eigenvalue weighted by Gasteiger charge is -2.05. The van der Waals surface area contributed by atoms with Crippen LogP contribution in [0.3, 0.4) is 0 Å². The molecule has 0 radical (unpaired) electrons. The fourth-order valence-corrected chi connectivity index (χ4v) is 1.88. The first kappa shape index (κ1) is 11.9. The number of ether oxygens (including phenoxy) is 3. The number of hydrogen-bond acceptors (Lipinski definition) is 5. The lowest BCUT2D eigenvalue weighted by Crippen LogP contribution is -2.06. The number of aromatic nitrogens is 2. The maximum atomic E-state index is 5.59. The van der Waals surface area contributed by atoms with Crippen molar-refractivity contribution in [1.82, 2.24) is 9.78 Å². The quantitative estimate of drug-likeness (QED) is 0.824. The molecular formula is C13H15N3O3. The highest BCUT2D eigenvalue weighted by atomic mass is 16.7. The highest BCUT2D eigenvalue weighted by molar-refractivity contribution is 5.44. The summed E-state index contributed by atoms with van der Waals surface area (Å²) < 4.78 is 17.9. The van der Waals surface area contributed by atoms with Gasteiger partial charge in [-0.15, -0.1) is 0 Å². The molecule has 6 nitrogen and oxygen atoms in total. The van der Waals surface area contributed by atoms with E-state index in [1.54, 1.807) is 17.1 Å². The van der Waals surface area contributed by atoms with Gasteiger partial charge in [0.05, 0.1) is 31.6 Å². The predicted molar refractivity (Wildman–Crippen MR) is 68.9 cm³/mol. The molecule has 19 heavy (non-hydrogen) atoms. The molecule has 1 aromatic carbocycles. The smallest absolute Gasteiger partial charge is 0.231 e. The van der Waals surface area contributed by atoms with Gasteiger partial charge < -0.3 is 19.9 Å². The zero-order chi connectivity index (χ0) is 13.1. The van der Waals surface area contributed by atoms with Crippen LogP contribution in [-0.2, 0) is 17.9 Å². The van der Waals surface area contributed by atoms with E-state index in [0.717, 1.165) is 17.1 Å². The molecule has 2 N–H and O–H groups in total. The second-order valence-electron chi connectivity index (χ2n) is 4.28. The van der Waals surface area contributed by atoms with Gasteiger partial charge >= 0.3 is 0 Å². The molecule has 0 spiro atoms. The Bertz CT molecular complexity index is 568. The number of benzene rings is 1. The molecule has 0 unspecified atom stereocenters. The lowest BCUT2D eigenvalue weighted by molar-refractivity contribution is 0.110. The molecule has 2 aromatic rings. The van der Waals surface area contributed by atoms with Gasteiger partial charge in [-0.25, -0.2) is 0 Å². The van der Waals surface area contributed by atoms with Crippen LogP contribution >= 0.6 is 0 Å². The average molecular weight is 261 g/mol. The van der Waals surface area contributed by atoms with Gasteiger partial charge in [-0.1, -0.05) is 6.07 Å².